The molecule has 20 heavy (non-hydrogen) atoms. The minimum Gasteiger partial charge on any atom is -0.462 e. The lowest BCUT2D eigenvalue weighted by molar-refractivity contribution is 0.0526. The second-order valence-electron chi connectivity index (χ2n) is 4.98. The van der Waals surface area contributed by atoms with Crippen LogP contribution in [0.2, 0.25) is 0 Å². The minimum absolute atomic E-state index is 0.221. The molecule has 1 aromatic carbocycles. The van der Waals surface area contributed by atoms with Crippen molar-refractivity contribution in [2.24, 2.45) is 0 Å². The highest BCUT2D eigenvalue weighted by molar-refractivity contribution is 5.92. The molecule has 0 bridgehead atoms. The quantitative estimate of drug-likeness (QED) is 0.639. The van der Waals surface area contributed by atoms with E-state index in [1.807, 2.05) is 6.07 Å². The summed E-state index contributed by atoms with van der Waals surface area (Å²) in [6.07, 6.45) is 3.50. The first-order valence-electron chi connectivity index (χ1n) is 7.01. The van der Waals surface area contributed by atoms with E-state index >= 15 is 0 Å². The molecule has 0 radical (unpaired) electrons. The van der Waals surface area contributed by atoms with Crippen molar-refractivity contribution in [3.8, 4) is 0 Å². The van der Waals surface area contributed by atoms with Gasteiger partial charge in [-0.2, -0.15) is 0 Å². The summed E-state index contributed by atoms with van der Waals surface area (Å²) in [4.78, 5) is 11.6. The van der Waals surface area contributed by atoms with Gasteiger partial charge in [0.25, 0.3) is 0 Å². The number of ether oxygens (including phenoxy) is 2. The molecule has 0 saturated heterocycles. The molecule has 1 saturated carbocycles. The maximum absolute atomic E-state index is 11.6. The second-order valence-corrected chi connectivity index (χ2v) is 4.98. The highest BCUT2D eigenvalue weighted by atomic mass is 16.5. The van der Waals surface area contributed by atoms with Crippen LogP contribution in [0.5, 0.6) is 0 Å². The van der Waals surface area contributed by atoms with Crippen LogP contribution in [-0.2, 0) is 9.47 Å². The first-order chi connectivity index (χ1) is 9.65. The van der Waals surface area contributed by atoms with Gasteiger partial charge in [0.15, 0.2) is 0 Å². The molecule has 1 aromatic rings. The number of nitrogen functional groups attached to an aromatic ring is 1. The van der Waals surface area contributed by atoms with Crippen molar-refractivity contribution in [3.63, 3.8) is 0 Å². The molecule has 0 aliphatic heterocycles. The predicted molar refractivity (Wildman–Crippen MR) is 78.9 cm³/mol. The maximum Gasteiger partial charge on any atom is 0.338 e. The molecule has 5 nitrogen and oxygen atoms in total. The number of methoxy groups -OCH3 is 1. The summed E-state index contributed by atoms with van der Waals surface area (Å²) in [6.45, 7) is 2.14. The smallest absolute Gasteiger partial charge is 0.338 e. The molecule has 5 heteroatoms. The zero-order valence-corrected chi connectivity index (χ0v) is 12.0. The predicted octanol–water partition coefficient (Wildman–Crippen LogP) is 2.42. The molecule has 1 fully saturated rings. The average Bonchev–Trinajstić information content (AvgIpc) is 2.88. The van der Waals surface area contributed by atoms with Crippen LogP contribution >= 0.6 is 0 Å². The van der Waals surface area contributed by atoms with Gasteiger partial charge in [-0.15, -0.1) is 0 Å². The fraction of sp³-hybridized carbons (Fsp3) is 0.533. The van der Waals surface area contributed by atoms with E-state index in [1.54, 1.807) is 26.2 Å². The number of rotatable bonds is 5. The zero-order chi connectivity index (χ0) is 14.5. The SMILES string of the molecule is CCOC(=O)c1ccc(NC2CCCC2OC)c(N)c1. The van der Waals surface area contributed by atoms with Crippen LogP contribution in [-0.4, -0.2) is 31.8 Å². The van der Waals surface area contributed by atoms with Gasteiger partial charge in [-0.1, -0.05) is 0 Å². The Morgan fingerprint density at radius 1 is 1.45 bits per heavy atom. The van der Waals surface area contributed by atoms with Gasteiger partial charge in [0.2, 0.25) is 0 Å². The highest BCUT2D eigenvalue weighted by Crippen LogP contribution is 2.28. The first-order valence-corrected chi connectivity index (χ1v) is 7.01. The Kier molecular flexibility index (Phi) is 4.84. The molecule has 2 unspecified atom stereocenters. The van der Waals surface area contributed by atoms with Crippen molar-refractivity contribution in [1.82, 2.24) is 0 Å². The first kappa shape index (κ1) is 14.7. The molecule has 0 amide bonds. The summed E-state index contributed by atoms with van der Waals surface area (Å²) in [5.74, 6) is -0.346. The number of carbonyl (C=O) groups is 1. The highest BCUT2D eigenvalue weighted by Gasteiger charge is 2.27. The molecular formula is C15H22N2O3. The Hall–Kier alpha value is -1.75. The van der Waals surface area contributed by atoms with Crippen LogP contribution < -0.4 is 11.1 Å². The van der Waals surface area contributed by atoms with E-state index in [2.05, 4.69) is 5.32 Å². The molecule has 1 aliphatic carbocycles. The Morgan fingerprint density at radius 2 is 2.25 bits per heavy atom. The fourth-order valence-electron chi connectivity index (χ4n) is 2.61. The van der Waals surface area contributed by atoms with E-state index in [-0.39, 0.29) is 18.1 Å². The van der Waals surface area contributed by atoms with E-state index in [0.717, 1.165) is 24.9 Å². The number of benzene rings is 1. The molecular weight excluding hydrogens is 256 g/mol. The van der Waals surface area contributed by atoms with Gasteiger partial charge in [-0.25, -0.2) is 4.79 Å². The van der Waals surface area contributed by atoms with Crippen molar-refractivity contribution in [2.45, 2.75) is 38.3 Å². The lowest BCUT2D eigenvalue weighted by atomic mass is 10.1. The van der Waals surface area contributed by atoms with Crippen LogP contribution in [0.4, 0.5) is 11.4 Å². The van der Waals surface area contributed by atoms with Crippen molar-refractivity contribution >= 4 is 17.3 Å². The lowest BCUT2D eigenvalue weighted by Crippen LogP contribution is -2.30. The lowest BCUT2D eigenvalue weighted by Gasteiger charge is -2.22. The summed E-state index contributed by atoms with van der Waals surface area (Å²) >= 11 is 0. The maximum atomic E-state index is 11.6. The van der Waals surface area contributed by atoms with E-state index < -0.39 is 0 Å². The van der Waals surface area contributed by atoms with Crippen LogP contribution in [0.15, 0.2) is 18.2 Å². The number of esters is 1. The van der Waals surface area contributed by atoms with Crippen molar-refractivity contribution in [1.29, 1.82) is 0 Å². The van der Waals surface area contributed by atoms with Crippen LogP contribution in [0.25, 0.3) is 0 Å². The van der Waals surface area contributed by atoms with Crippen LogP contribution in [0.1, 0.15) is 36.5 Å². The van der Waals surface area contributed by atoms with E-state index in [1.165, 1.54) is 0 Å². The topological polar surface area (TPSA) is 73.6 Å². The molecule has 0 aromatic heterocycles. The Bertz CT molecular complexity index is 476. The normalized spacial score (nSPS) is 21.7. The third kappa shape index (κ3) is 3.22. The Labute approximate surface area is 119 Å². The van der Waals surface area contributed by atoms with Gasteiger partial charge in [0.05, 0.1) is 35.7 Å². The largest absolute Gasteiger partial charge is 0.462 e. The summed E-state index contributed by atoms with van der Waals surface area (Å²) in [7, 11) is 1.73. The third-order valence-corrected chi connectivity index (χ3v) is 3.66. The van der Waals surface area contributed by atoms with Gasteiger partial charge < -0.3 is 20.5 Å². The molecule has 110 valence electrons. The summed E-state index contributed by atoms with van der Waals surface area (Å²) in [5.41, 5.74) is 7.88. The third-order valence-electron chi connectivity index (χ3n) is 3.66. The van der Waals surface area contributed by atoms with Gasteiger partial charge in [0, 0.05) is 7.11 Å². The van der Waals surface area contributed by atoms with Gasteiger partial charge >= 0.3 is 5.97 Å². The van der Waals surface area contributed by atoms with Gasteiger partial charge in [0.1, 0.15) is 0 Å². The number of nitrogens with one attached hydrogen (secondary N) is 1. The van der Waals surface area contributed by atoms with E-state index in [4.69, 9.17) is 15.2 Å². The zero-order valence-electron chi connectivity index (χ0n) is 12.0. The summed E-state index contributed by atoms with van der Waals surface area (Å²) in [6, 6.07) is 5.48. The van der Waals surface area contributed by atoms with Crippen LogP contribution in [0, 0.1) is 0 Å². The molecule has 2 rings (SSSR count). The standard InChI is InChI=1S/C15H22N2O3/c1-3-20-15(18)10-7-8-12(11(16)9-10)17-13-5-4-6-14(13)19-2/h7-9,13-14,17H,3-6,16H2,1-2H3. The summed E-state index contributed by atoms with van der Waals surface area (Å²) < 4.78 is 10.4. The van der Waals surface area contributed by atoms with Gasteiger partial charge in [-0.3, -0.25) is 0 Å². The number of anilines is 2. The van der Waals surface area contributed by atoms with E-state index in [9.17, 15) is 4.79 Å². The van der Waals surface area contributed by atoms with Crippen molar-refractivity contribution in [3.05, 3.63) is 23.8 Å². The molecule has 2 atom stereocenters. The molecule has 0 spiro atoms. The number of hydrogen-bond acceptors (Lipinski definition) is 5. The monoisotopic (exact) mass is 278 g/mol. The second kappa shape index (κ2) is 6.61. The van der Waals surface area contributed by atoms with Crippen molar-refractivity contribution < 1.29 is 14.3 Å². The van der Waals surface area contributed by atoms with E-state index in [0.29, 0.717) is 17.9 Å². The van der Waals surface area contributed by atoms with Crippen molar-refractivity contribution in [2.75, 3.05) is 24.8 Å². The Morgan fingerprint density at radius 3 is 2.90 bits per heavy atom. The van der Waals surface area contributed by atoms with Crippen LogP contribution in [0.3, 0.4) is 0 Å². The number of carbonyl (C=O) groups excluding carboxylic acids is 1. The molecule has 0 heterocycles. The number of hydrogen-bond donors (Lipinski definition) is 2. The minimum atomic E-state index is -0.346. The number of nitrogens with two attached hydrogens (primary N) is 1. The fourth-order valence-corrected chi connectivity index (χ4v) is 2.61. The average molecular weight is 278 g/mol. The van der Waals surface area contributed by atoms with Gasteiger partial charge in [-0.05, 0) is 44.4 Å². The molecule has 1 aliphatic rings. The summed E-state index contributed by atoms with van der Waals surface area (Å²) in [5, 5.41) is 3.41. The Balaban J connectivity index is 2.08. The molecule has 3 N–H and O–H groups in total.